The summed E-state index contributed by atoms with van der Waals surface area (Å²) in [4.78, 5) is 2.34. The molecule has 0 aromatic heterocycles. The van der Waals surface area contributed by atoms with Crippen LogP contribution < -0.4 is 0 Å². The first kappa shape index (κ1) is 14.3. The maximum Gasteiger partial charge on any atom is 0.0593 e. The molecule has 2 nitrogen and oxygen atoms in total. The van der Waals surface area contributed by atoms with Gasteiger partial charge in [-0.25, -0.2) is 0 Å². The molecule has 0 radical (unpaired) electrons. The molecule has 0 bridgehead atoms. The van der Waals surface area contributed by atoms with E-state index >= 15 is 0 Å². The number of rotatable bonds is 10. The van der Waals surface area contributed by atoms with Crippen LogP contribution in [-0.2, 0) is 4.74 Å². The summed E-state index contributed by atoms with van der Waals surface area (Å²) in [5.41, 5.74) is 0. The lowest BCUT2D eigenvalue weighted by atomic mass is 10.2. The van der Waals surface area contributed by atoms with E-state index in [1.165, 1.54) is 32.2 Å². The lowest BCUT2D eigenvalue weighted by Crippen LogP contribution is -2.24. The number of nitrogens with zero attached hydrogens (tertiary/aromatic N) is 1. The van der Waals surface area contributed by atoms with Crippen LogP contribution in [0.25, 0.3) is 0 Å². The molecule has 0 unspecified atom stereocenters. The van der Waals surface area contributed by atoms with E-state index in [4.69, 9.17) is 4.74 Å². The topological polar surface area (TPSA) is 12.5 Å². The number of hydrogen-bond acceptors (Lipinski definition) is 3. The Morgan fingerprint density at radius 1 is 1.07 bits per heavy atom. The zero-order valence-corrected chi connectivity index (χ0v) is 10.6. The van der Waals surface area contributed by atoms with Crippen LogP contribution in [0.1, 0.15) is 32.6 Å². The Balaban J connectivity index is 3.06. The predicted molar refractivity (Wildman–Crippen MR) is 66.3 cm³/mol. The van der Waals surface area contributed by atoms with Gasteiger partial charge in [-0.3, -0.25) is 0 Å². The van der Waals surface area contributed by atoms with Crippen LogP contribution in [0.3, 0.4) is 0 Å². The van der Waals surface area contributed by atoms with Gasteiger partial charge in [0.1, 0.15) is 0 Å². The minimum absolute atomic E-state index is 0.829. The van der Waals surface area contributed by atoms with Crippen molar-refractivity contribution in [3.8, 4) is 0 Å². The van der Waals surface area contributed by atoms with E-state index in [1.807, 2.05) is 6.92 Å². The van der Waals surface area contributed by atoms with Crippen molar-refractivity contribution in [1.82, 2.24) is 4.90 Å². The number of unbranched alkanes of at least 4 members (excludes halogenated alkanes) is 3. The third kappa shape index (κ3) is 10.4. The van der Waals surface area contributed by atoms with Crippen molar-refractivity contribution in [3.63, 3.8) is 0 Å². The maximum absolute atomic E-state index is 5.30. The van der Waals surface area contributed by atoms with E-state index < -0.39 is 0 Å². The molecule has 0 aliphatic heterocycles. The van der Waals surface area contributed by atoms with Gasteiger partial charge in [-0.15, -0.1) is 0 Å². The molecule has 14 heavy (non-hydrogen) atoms. The van der Waals surface area contributed by atoms with Crippen LogP contribution in [0.5, 0.6) is 0 Å². The summed E-state index contributed by atoms with van der Waals surface area (Å²) in [5.74, 6) is 1.03. The standard InChI is InChI=1S/C11H25NOS/c1-3-13-10-9-12(2)8-6-4-5-7-11-14/h14H,3-11H2,1-2H3. The van der Waals surface area contributed by atoms with Gasteiger partial charge in [0.2, 0.25) is 0 Å². The van der Waals surface area contributed by atoms with Crippen molar-refractivity contribution in [2.24, 2.45) is 0 Å². The van der Waals surface area contributed by atoms with Crippen LogP contribution in [0.15, 0.2) is 0 Å². The fourth-order valence-corrected chi connectivity index (χ4v) is 1.55. The Labute approximate surface area is 94.4 Å². The predicted octanol–water partition coefficient (Wildman–Crippen LogP) is 2.44. The van der Waals surface area contributed by atoms with E-state index in [9.17, 15) is 0 Å². The fourth-order valence-electron chi connectivity index (χ4n) is 1.32. The molecule has 0 rings (SSSR count). The average molecular weight is 219 g/mol. The van der Waals surface area contributed by atoms with Gasteiger partial charge in [0.05, 0.1) is 6.61 Å². The van der Waals surface area contributed by atoms with Crippen molar-refractivity contribution in [3.05, 3.63) is 0 Å². The van der Waals surface area contributed by atoms with E-state index in [1.54, 1.807) is 0 Å². The Kier molecular flexibility index (Phi) is 11.6. The Morgan fingerprint density at radius 3 is 2.43 bits per heavy atom. The molecule has 0 saturated heterocycles. The van der Waals surface area contributed by atoms with Crippen LogP contribution in [0.4, 0.5) is 0 Å². The van der Waals surface area contributed by atoms with Crippen LogP contribution in [-0.4, -0.2) is 44.0 Å². The number of thiol groups is 1. The summed E-state index contributed by atoms with van der Waals surface area (Å²) in [6.07, 6.45) is 5.21. The minimum Gasteiger partial charge on any atom is -0.380 e. The Bertz CT molecular complexity index is 111. The van der Waals surface area contributed by atoms with Crippen molar-refractivity contribution in [2.45, 2.75) is 32.6 Å². The Morgan fingerprint density at radius 2 is 1.79 bits per heavy atom. The summed E-state index contributed by atoms with van der Waals surface area (Å²) in [5, 5.41) is 0. The van der Waals surface area contributed by atoms with Gasteiger partial charge in [-0.2, -0.15) is 12.6 Å². The van der Waals surface area contributed by atoms with Gasteiger partial charge in [-0.1, -0.05) is 12.8 Å². The molecule has 0 amide bonds. The van der Waals surface area contributed by atoms with Crippen molar-refractivity contribution < 1.29 is 4.74 Å². The number of ether oxygens (including phenoxy) is 1. The molecule has 0 spiro atoms. The molecule has 0 fully saturated rings. The van der Waals surface area contributed by atoms with Gasteiger partial charge in [0, 0.05) is 13.2 Å². The zero-order valence-electron chi connectivity index (χ0n) is 9.67. The molecule has 0 aliphatic rings. The molecule has 0 aliphatic carbocycles. The third-order valence-corrected chi connectivity index (χ3v) is 2.59. The largest absolute Gasteiger partial charge is 0.380 e. The molecule has 0 saturated carbocycles. The van der Waals surface area contributed by atoms with Gasteiger partial charge in [0.25, 0.3) is 0 Å². The highest BCUT2D eigenvalue weighted by atomic mass is 32.1. The fraction of sp³-hybridized carbons (Fsp3) is 1.00. The minimum atomic E-state index is 0.829. The maximum atomic E-state index is 5.30. The van der Waals surface area contributed by atoms with Gasteiger partial charge in [-0.05, 0) is 39.1 Å². The van der Waals surface area contributed by atoms with Gasteiger partial charge >= 0.3 is 0 Å². The van der Waals surface area contributed by atoms with Gasteiger partial charge < -0.3 is 9.64 Å². The molecule has 0 aromatic carbocycles. The lowest BCUT2D eigenvalue weighted by molar-refractivity contribution is 0.121. The van der Waals surface area contributed by atoms with E-state index in [0.29, 0.717) is 0 Å². The molecule has 0 aromatic rings. The van der Waals surface area contributed by atoms with Crippen LogP contribution in [0.2, 0.25) is 0 Å². The summed E-state index contributed by atoms with van der Waals surface area (Å²) in [6.45, 7) is 5.98. The van der Waals surface area contributed by atoms with Crippen LogP contribution >= 0.6 is 12.6 Å². The van der Waals surface area contributed by atoms with Gasteiger partial charge in [0.15, 0.2) is 0 Å². The molecular formula is C11H25NOS. The highest BCUT2D eigenvalue weighted by Gasteiger charge is 1.97. The molecule has 3 heteroatoms. The first-order chi connectivity index (χ1) is 6.81. The summed E-state index contributed by atoms with van der Waals surface area (Å²) < 4.78 is 5.30. The average Bonchev–Trinajstić information content (AvgIpc) is 2.18. The highest BCUT2D eigenvalue weighted by Crippen LogP contribution is 2.01. The number of likely N-dealkylation sites (N-methyl/N-ethyl adjacent to an activating group) is 1. The molecule has 0 heterocycles. The smallest absolute Gasteiger partial charge is 0.0593 e. The molecular weight excluding hydrogens is 194 g/mol. The third-order valence-electron chi connectivity index (χ3n) is 2.27. The summed E-state index contributed by atoms with van der Waals surface area (Å²) >= 11 is 4.19. The SMILES string of the molecule is CCOCCN(C)CCCCCCS. The normalized spacial score (nSPS) is 11.1. The van der Waals surface area contributed by atoms with E-state index in [-0.39, 0.29) is 0 Å². The van der Waals surface area contributed by atoms with Crippen molar-refractivity contribution in [1.29, 1.82) is 0 Å². The lowest BCUT2D eigenvalue weighted by Gasteiger charge is -2.15. The number of hydrogen-bond donors (Lipinski definition) is 1. The van der Waals surface area contributed by atoms with Crippen molar-refractivity contribution in [2.75, 3.05) is 39.1 Å². The second kappa shape index (κ2) is 11.3. The first-order valence-electron chi connectivity index (χ1n) is 5.68. The summed E-state index contributed by atoms with van der Waals surface area (Å²) in [6, 6.07) is 0. The Hall–Kier alpha value is 0.270. The second-order valence-electron chi connectivity index (χ2n) is 3.64. The monoisotopic (exact) mass is 219 g/mol. The summed E-state index contributed by atoms with van der Waals surface area (Å²) in [7, 11) is 2.16. The van der Waals surface area contributed by atoms with E-state index in [2.05, 4.69) is 24.6 Å². The quantitative estimate of drug-likeness (QED) is 0.447. The highest BCUT2D eigenvalue weighted by molar-refractivity contribution is 7.80. The van der Waals surface area contributed by atoms with Crippen molar-refractivity contribution >= 4 is 12.6 Å². The zero-order chi connectivity index (χ0) is 10.6. The first-order valence-corrected chi connectivity index (χ1v) is 6.31. The molecule has 86 valence electrons. The molecule has 0 N–H and O–H groups in total. The van der Waals surface area contributed by atoms with Crippen LogP contribution in [0, 0.1) is 0 Å². The second-order valence-corrected chi connectivity index (χ2v) is 4.09. The van der Waals surface area contributed by atoms with E-state index in [0.717, 1.165) is 25.5 Å². The molecule has 0 atom stereocenters.